The summed E-state index contributed by atoms with van der Waals surface area (Å²) in [5.74, 6) is -0.941. The van der Waals surface area contributed by atoms with Crippen molar-refractivity contribution in [1.29, 1.82) is 0 Å². The van der Waals surface area contributed by atoms with Gasteiger partial charge in [0.2, 0.25) is 11.5 Å². The van der Waals surface area contributed by atoms with Gasteiger partial charge in [-0.25, -0.2) is 9.37 Å². The maximum absolute atomic E-state index is 13.8. The second-order valence-electron chi connectivity index (χ2n) is 6.99. The summed E-state index contributed by atoms with van der Waals surface area (Å²) >= 11 is 1.12. The van der Waals surface area contributed by atoms with Gasteiger partial charge < -0.3 is 14.5 Å². The first kappa shape index (κ1) is 22.0. The smallest absolute Gasteiger partial charge is 0.297 e. The van der Waals surface area contributed by atoms with E-state index in [0.29, 0.717) is 42.4 Å². The van der Waals surface area contributed by atoms with E-state index in [1.165, 1.54) is 16.7 Å². The molecule has 0 aliphatic rings. The number of aromatic nitrogens is 2. The van der Waals surface area contributed by atoms with Gasteiger partial charge in [-0.3, -0.25) is 14.2 Å². The zero-order valence-electron chi connectivity index (χ0n) is 17.5. The second-order valence-corrected chi connectivity index (χ2v) is 7.94. The summed E-state index contributed by atoms with van der Waals surface area (Å²) in [6.07, 6.45) is 0.607. The number of carbonyl (C=O) groups excluding carboxylic acids is 1. The highest BCUT2D eigenvalue weighted by Crippen LogP contribution is 2.27. The lowest BCUT2D eigenvalue weighted by atomic mass is 10.2. The average molecular weight is 456 g/mol. The predicted molar refractivity (Wildman–Crippen MR) is 123 cm³/mol. The molecule has 0 unspecified atom stereocenters. The van der Waals surface area contributed by atoms with Crippen LogP contribution in [-0.4, -0.2) is 34.4 Å². The van der Waals surface area contributed by atoms with E-state index in [2.05, 4.69) is 10.3 Å². The molecule has 0 radical (unpaired) electrons. The third-order valence-electron chi connectivity index (χ3n) is 4.80. The molecule has 2 aromatic heterocycles. The predicted octanol–water partition coefficient (Wildman–Crippen LogP) is 4.44. The molecule has 0 aliphatic heterocycles. The molecule has 9 heteroatoms. The molecule has 0 atom stereocenters. The Hall–Kier alpha value is -3.17. The molecule has 0 spiro atoms. The highest BCUT2D eigenvalue weighted by atomic mass is 32.2. The van der Waals surface area contributed by atoms with Gasteiger partial charge in [-0.05, 0) is 37.6 Å². The summed E-state index contributed by atoms with van der Waals surface area (Å²) in [5, 5.41) is 3.68. The fourth-order valence-electron chi connectivity index (χ4n) is 3.31. The number of nitrogens with zero attached hydrogens (tertiary/aromatic N) is 2. The van der Waals surface area contributed by atoms with E-state index in [9.17, 15) is 14.0 Å². The molecule has 4 rings (SSSR count). The molecule has 0 fully saturated rings. The molecule has 166 valence electrons. The van der Waals surface area contributed by atoms with Crippen molar-refractivity contribution in [3.63, 3.8) is 0 Å². The number of benzene rings is 2. The van der Waals surface area contributed by atoms with Crippen LogP contribution in [0.4, 0.5) is 10.1 Å². The molecule has 7 nitrogen and oxygen atoms in total. The van der Waals surface area contributed by atoms with E-state index < -0.39 is 11.7 Å². The molecule has 2 aromatic carbocycles. The number of hydrogen-bond donors (Lipinski definition) is 1. The van der Waals surface area contributed by atoms with Crippen molar-refractivity contribution in [3.8, 4) is 0 Å². The molecular weight excluding hydrogens is 433 g/mol. The zero-order valence-corrected chi connectivity index (χ0v) is 18.3. The number of rotatable bonds is 9. The molecule has 1 N–H and O–H groups in total. The van der Waals surface area contributed by atoms with Crippen LogP contribution in [0.5, 0.6) is 0 Å². The van der Waals surface area contributed by atoms with Crippen molar-refractivity contribution in [2.75, 3.05) is 24.3 Å². The largest absolute Gasteiger partial charge is 0.448 e. The van der Waals surface area contributed by atoms with Crippen molar-refractivity contribution >= 4 is 45.4 Å². The van der Waals surface area contributed by atoms with Crippen molar-refractivity contribution in [2.24, 2.45) is 0 Å². The lowest BCUT2D eigenvalue weighted by molar-refractivity contribution is -0.113. The lowest BCUT2D eigenvalue weighted by Gasteiger charge is -2.12. The van der Waals surface area contributed by atoms with Crippen molar-refractivity contribution < 1.29 is 18.3 Å². The Bertz CT molecular complexity index is 1320. The van der Waals surface area contributed by atoms with Crippen LogP contribution in [0.2, 0.25) is 0 Å². The number of nitrogens with one attached hydrogen (secondary N) is 1. The minimum absolute atomic E-state index is 0.0342. The number of thioether (sulfide) groups is 1. The van der Waals surface area contributed by atoms with Gasteiger partial charge in [-0.15, -0.1) is 0 Å². The van der Waals surface area contributed by atoms with Gasteiger partial charge in [0.15, 0.2) is 5.16 Å². The fourth-order valence-corrected chi connectivity index (χ4v) is 4.13. The van der Waals surface area contributed by atoms with Gasteiger partial charge in [0.1, 0.15) is 16.9 Å². The Morgan fingerprint density at radius 3 is 2.81 bits per heavy atom. The van der Waals surface area contributed by atoms with Crippen molar-refractivity contribution in [2.45, 2.75) is 25.0 Å². The third-order valence-corrected chi connectivity index (χ3v) is 5.78. The van der Waals surface area contributed by atoms with Crippen LogP contribution in [0.3, 0.4) is 0 Å². The molecule has 1 amide bonds. The van der Waals surface area contributed by atoms with Gasteiger partial charge in [0, 0.05) is 25.1 Å². The number of hydrogen-bond acceptors (Lipinski definition) is 6. The van der Waals surface area contributed by atoms with Crippen LogP contribution in [-0.2, 0) is 16.1 Å². The Morgan fingerprint density at radius 1 is 1.22 bits per heavy atom. The van der Waals surface area contributed by atoms with Crippen LogP contribution in [0.1, 0.15) is 13.3 Å². The van der Waals surface area contributed by atoms with Crippen LogP contribution >= 0.6 is 11.8 Å². The lowest BCUT2D eigenvalue weighted by Crippen LogP contribution is -2.24. The Labute approximate surface area is 187 Å². The van der Waals surface area contributed by atoms with Gasteiger partial charge in [0.05, 0.1) is 11.4 Å². The third kappa shape index (κ3) is 4.68. The maximum Gasteiger partial charge on any atom is 0.297 e. The number of halogens is 1. The Morgan fingerprint density at radius 2 is 2.00 bits per heavy atom. The number of carbonyl (C=O) groups is 1. The summed E-state index contributed by atoms with van der Waals surface area (Å²) < 4.78 is 26.5. The summed E-state index contributed by atoms with van der Waals surface area (Å²) in [4.78, 5) is 30.3. The van der Waals surface area contributed by atoms with Crippen LogP contribution in [0.15, 0.2) is 62.9 Å². The standard InChI is InChI=1S/C23H22FN3O4S/c1-2-30-13-7-12-27-22(29)21-20(15-8-3-6-11-18(15)31-21)26-23(27)32-14-19(28)25-17-10-5-4-9-16(17)24/h3-6,8-11H,2,7,12-14H2,1H3,(H,25,28). The summed E-state index contributed by atoms with van der Waals surface area (Å²) in [5.41, 5.74) is 1.02. The quantitative estimate of drug-likeness (QED) is 0.228. The van der Waals surface area contributed by atoms with Crippen molar-refractivity contribution in [3.05, 3.63) is 64.7 Å². The molecule has 4 aromatic rings. The van der Waals surface area contributed by atoms with Crippen LogP contribution in [0.25, 0.3) is 22.1 Å². The molecule has 2 heterocycles. The second kappa shape index (κ2) is 9.97. The van der Waals surface area contributed by atoms with E-state index >= 15 is 0 Å². The topological polar surface area (TPSA) is 86.4 Å². The van der Waals surface area contributed by atoms with E-state index in [0.717, 1.165) is 17.1 Å². The number of amides is 1. The molecule has 0 aliphatic carbocycles. The Kier molecular flexibility index (Phi) is 6.87. The van der Waals surface area contributed by atoms with E-state index in [1.54, 1.807) is 18.2 Å². The number of furan rings is 1. The Balaban J connectivity index is 1.63. The summed E-state index contributed by atoms with van der Waals surface area (Å²) in [7, 11) is 0. The maximum atomic E-state index is 13.8. The number of anilines is 1. The molecule has 0 saturated carbocycles. The minimum atomic E-state index is -0.511. The van der Waals surface area contributed by atoms with Crippen molar-refractivity contribution in [1.82, 2.24) is 9.55 Å². The van der Waals surface area contributed by atoms with Gasteiger partial charge in [-0.1, -0.05) is 36.0 Å². The summed E-state index contributed by atoms with van der Waals surface area (Å²) in [6, 6.07) is 13.3. The summed E-state index contributed by atoms with van der Waals surface area (Å²) in [6.45, 7) is 3.37. The van der Waals surface area contributed by atoms with E-state index in [4.69, 9.17) is 9.15 Å². The first-order valence-electron chi connectivity index (χ1n) is 10.3. The van der Waals surface area contributed by atoms with E-state index in [-0.39, 0.29) is 22.6 Å². The first-order valence-corrected chi connectivity index (χ1v) is 11.2. The van der Waals surface area contributed by atoms with Gasteiger partial charge in [-0.2, -0.15) is 0 Å². The minimum Gasteiger partial charge on any atom is -0.448 e. The highest BCUT2D eigenvalue weighted by molar-refractivity contribution is 7.99. The molecule has 32 heavy (non-hydrogen) atoms. The molecule has 0 bridgehead atoms. The number of fused-ring (bicyclic) bond motifs is 3. The van der Waals surface area contributed by atoms with Crippen LogP contribution in [0, 0.1) is 5.82 Å². The SMILES string of the molecule is CCOCCCn1c(SCC(=O)Nc2ccccc2F)nc2c(oc3ccccc32)c1=O. The fraction of sp³-hybridized carbons (Fsp3) is 0.261. The highest BCUT2D eigenvalue weighted by Gasteiger charge is 2.18. The zero-order chi connectivity index (χ0) is 22.5. The van der Waals surface area contributed by atoms with E-state index in [1.807, 2.05) is 25.1 Å². The average Bonchev–Trinajstić information content (AvgIpc) is 3.17. The van der Waals surface area contributed by atoms with Crippen LogP contribution < -0.4 is 10.9 Å². The first-order chi connectivity index (χ1) is 15.6. The normalized spacial score (nSPS) is 11.3. The van der Waals surface area contributed by atoms with Gasteiger partial charge in [0.25, 0.3) is 5.56 Å². The molecular formula is C23H22FN3O4S. The molecule has 0 saturated heterocycles. The number of ether oxygens (including phenoxy) is 1. The monoisotopic (exact) mass is 455 g/mol. The van der Waals surface area contributed by atoms with Gasteiger partial charge >= 0.3 is 0 Å². The number of para-hydroxylation sites is 2.